The van der Waals surface area contributed by atoms with E-state index >= 15 is 0 Å². The molecule has 0 amide bonds. The summed E-state index contributed by atoms with van der Waals surface area (Å²) in [6, 6.07) is 2.68. The minimum Gasteiger partial charge on any atom is -0.493 e. The normalized spacial score (nSPS) is 25.5. The Bertz CT molecular complexity index is 477. The third-order valence-electron chi connectivity index (χ3n) is 3.90. The van der Waals surface area contributed by atoms with Gasteiger partial charge in [-0.2, -0.15) is 11.8 Å². The number of fused-ring (bicyclic) bond motifs is 3. The molecule has 2 aliphatic heterocycles. The minimum absolute atomic E-state index is 0.424. The Morgan fingerprint density at radius 1 is 1.56 bits per heavy atom. The average Bonchev–Trinajstić information content (AvgIpc) is 2.85. The molecule has 0 fully saturated rings. The van der Waals surface area contributed by atoms with Gasteiger partial charge in [0.25, 0.3) is 0 Å². The van der Waals surface area contributed by atoms with Crippen LogP contribution in [0.4, 0.5) is 0 Å². The number of ether oxygens (including phenoxy) is 1. The van der Waals surface area contributed by atoms with Crippen LogP contribution in [0.2, 0.25) is 0 Å². The highest BCUT2D eigenvalue weighted by Crippen LogP contribution is 2.48. The Morgan fingerprint density at radius 2 is 2.39 bits per heavy atom. The predicted molar refractivity (Wildman–Crippen MR) is 80.5 cm³/mol. The lowest BCUT2D eigenvalue weighted by atomic mass is 9.94. The van der Waals surface area contributed by atoms with E-state index in [9.17, 15) is 0 Å². The van der Waals surface area contributed by atoms with E-state index < -0.39 is 0 Å². The summed E-state index contributed by atoms with van der Waals surface area (Å²) < 4.78 is 7.10. The maximum atomic E-state index is 5.85. The molecule has 2 aliphatic rings. The first-order valence-electron chi connectivity index (χ1n) is 6.52. The molecular formula is C14H18BrNOS. The van der Waals surface area contributed by atoms with Crippen molar-refractivity contribution in [3.05, 3.63) is 27.2 Å². The van der Waals surface area contributed by atoms with Gasteiger partial charge in [-0.1, -0.05) is 22.9 Å². The van der Waals surface area contributed by atoms with E-state index in [0.717, 1.165) is 24.5 Å². The first kappa shape index (κ1) is 12.8. The number of benzene rings is 1. The molecule has 0 saturated carbocycles. The average molecular weight is 328 g/mol. The lowest BCUT2D eigenvalue weighted by Crippen LogP contribution is -2.31. The zero-order valence-corrected chi connectivity index (χ0v) is 13.2. The van der Waals surface area contributed by atoms with Gasteiger partial charge in [0.05, 0.1) is 6.61 Å². The van der Waals surface area contributed by atoms with Gasteiger partial charge in [0.1, 0.15) is 5.75 Å². The van der Waals surface area contributed by atoms with Crippen LogP contribution in [0.5, 0.6) is 5.75 Å². The molecule has 2 atom stereocenters. The van der Waals surface area contributed by atoms with Gasteiger partial charge in [-0.25, -0.2) is 0 Å². The molecule has 0 bridgehead atoms. The standard InChI is InChI=1S/C14H18BrNOS/c1-3-11-13(16-2)12-9(7-18-11)14-8(4-5-17-14)6-10(12)15/h6,11,13,16H,3-5,7H2,1-2H3. The molecular weight excluding hydrogens is 310 g/mol. The maximum absolute atomic E-state index is 5.85. The van der Waals surface area contributed by atoms with Crippen LogP contribution in [0.15, 0.2) is 10.5 Å². The van der Waals surface area contributed by atoms with E-state index in [2.05, 4.69) is 41.3 Å². The van der Waals surface area contributed by atoms with Gasteiger partial charge in [-0.05, 0) is 30.7 Å². The van der Waals surface area contributed by atoms with Gasteiger partial charge in [0.2, 0.25) is 0 Å². The summed E-state index contributed by atoms with van der Waals surface area (Å²) in [6.07, 6.45) is 2.24. The largest absolute Gasteiger partial charge is 0.493 e. The molecule has 0 saturated heterocycles. The number of thioether (sulfide) groups is 1. The van der Waals surface area contributed by atoms with Crippen molar-refractivity contribution in [3.8, 4) is 5.75 Å². The van der Waals surface area contributed by atoms with E-state index in [4.69, 9.17) is 4.74 Å². The Hall–Kier alpha value is -0.190. The van der Waals surface area contributed by atoms with Crippen molar-refractivity contribution in [3.63, 3.8) is 0 Å². The molecule has 1 aromatic rings. The fraction of sp³-hybridized carbons (Fsp3) is 0.571. The number of halogens is 1. The van der Waals surface area contributed by atoms with Crippen molar-refractivity contribution in [1.82, 2.24) is 5.32 Å². The Balaban J connectivity index is 2.14. The van der Waals surface area contributed by atoms with Gasteiger partial charge in [0.15, 0.2) is 0 Å². The summed E-state index contributed by atoms with van der Waals surface area (Å²) in [6.45, 7) is 3.11. The summed E-state index contributed by atoms with van der Waals surface area (Å²) >= 11 is 5.82. The highest BCUT2D eigenvalue weighted by molar-refractivity contribution is 9.10. The van der Waals surface area contributed by atoms with Crippen molar-refractivity contribution in [2.45, 2.75) is 36.8 Å². The molecule has 18 heavy (non-hydrogen) atoms. The van der Waals surface area contributed by atoms with Crippen molar-refractivity contribution in [1.29, 1.82) is 0 Å². The third kappa shape index (κ3) is 1.89. The van der Waals surface area contributed by atoms with Crippen molar-refractivity contribution < 1.29 is 4.74 Å². The fourth-order valence-electron chi connectivity index (χ4n) is 3.02. The van der Waals surface area contributed by atoms with Gasteiger partial charge < -0.3 is 10.1 Å². The lowest BCUT2D eigenvalue weighted by molar-refractivity contribution is 0.353. The SMILES string of the molecule is CCC1SCc2c3c(cc(Br)c2C1NC)CCO3. The van der Waals surface area contributed by atoms with E-state index in [0.29, 0.717) is 11.3 Å². The van der Waals surface area contributed by atoms with Crippen LogP contribution in [-0.2, 0) is 12.2 Å². The monoisotopic (exact) mass is 327 g/mol. The molecule has 3 rings (SSSR count). The molecule has 2 unspecified atom stereocenters. The molecule has 0 aliphatic carbocycles. The van der Waals surface area contributed by atoms with Crippen LogP contribution in [-0.4, -0.2) is 18.9 Å². The van der Waals surface area contributed by atoms with E-state index in [1.165, 1.54) is 27.6 Å². The quantitative estimate of drug-likeness (QED) is 0.895. The van der Waals surface area contributed by atoms with E-state index in [1.807, 2.05) is 11.8 Å². The van der Waals surface area contributed by atoms with Crippen LogP contribution in [0.1, 0.15) is 36.1 Å². The summed E-state index contributed by atoms with van der Waals surface area (Å²) in [4.78, 5) is 0. The summed E-state index contributed by atoms with van der Waals surface area (Å²) in [5.74, 6) is 2.24. The van der Waals surface area contributed by atoms with Gasteiger partial charge in [-0.3, -0.25) is 0 Å². The predicted octanol–water partition coefficient (Wildman–Crippen LogP) is 3.67. The Labute approximate surface area is 121 Å². The Kier molecular flexibility index (Phi) is 3.61. The molecule has 2 nitrogen and oxygen atoms in total. The highest BCUT2D eigenvalue weighted by Gasteiger charge is 2.33. The summed E-state index contributed by atoms with van der Waals surface area (Å²) in [5.41, 5.74) is 4.20. The Morgan fingerprint density at radius 3 is 3.11 bits per heavy atom. The van der Waals surface area contributed by atoms with E-state index in [-0.39, 0.29) is 0 Å². The van der Waals surface area contributed by atoms with Crippen LogP contribution in [0, 0.1) is 0 Å². The fourth-order valence-corrected chi connectivity index (χ4v) is 5.15. The van der Waals surface area contributed by atoms with Crippen molar-refractivity contribution in [2.75, 3.05) is 13.7 Å². The maximum Gasteiger partial charge on any atom is 0.127 e. The number of hydrogen-bond donors (Lipinski definition) is 1. The molecule has 2 heterocycles. The van der Waals surface area contributed by atoms with E-state index in [1.54, 1.807) is 0 Å². The summed E-state index contributed by atoms with van der Waals surface area (Å²) in [7, 11) is 2.06. The first-order valence-corrected chi connectivity index (χ1v) is 8.36. The summed E-state index contributed by atoms with van der Waals surface area (Å²) in [5, 5.41) is 4.14. The molecule has 98 valence electrons. The molecule has 0 radical (unpaired) electrons. The van der Waals surface area contributed by atoms with Crippen LogP contribution < -0.4 is 10.1 Å². The second kappa shape index (κ2) is 5.06. The molecule has 0 aromatic heterocycles. The number of nitrogens with one attached hydrogen (secondary N) is 1. The zero-order valence-electron chi connectivity index (χ0n) is 10.8. The molecule has 0 spiro atoms. The lowest BCUT2D eigenvalue weighted by Gasteiger charge is -2.34. The smallest absolute Gasteiger partial charge is 0.127 e. The number of hydrogen-bond acceptors (Lipinski definition) is 3. The second-order valence-electron chi connectivity index (χ2n) is 4.86. The third-order valence-corrected chi connectivity index (χ3v) is 6.05. The van der Waals surface area contributed by atoms with Crippen molar-refractivity contribution in [2.24, 2.45) is 0 Å². The number of rotatable bonds is 2. The molecule has 1 aromatic carbocycles. The van der Waals surface area contributed by atoms with Crippen molar-refractivity contribution >= 4 is 27.7 Å². The highest BCUT2D eigenvalue weighted by atomic mass is 79.9. The van der Waals surface area contributed by atoms with Gasteiger partial charge >= 0.3 is 0 Å². The first-order chi connectivity index (χ1) is 8.76. The van der Waals surface area contributed by atoms with Crippen LogP contribution in [0.25, 0.3) is 0 Å². The zero-order chi connectivity index (χ0) is 12.7. The topological polar surface area (TPSA) is 21.3 Å². The minimum atomic E-state index is 0.424. The van der Waals surface area contributed by atoms with Gasteiger partial charge in [0, 0.05) is 33.5 Å². The van der Waals surface area contributed by atoms with Gasteiger partial charge in [-0.15, -0.1) is 0 Å². The second-order valence-corrected chi connectivity index (χ2v) is 6.94. The van der Waals surface area contributed by atoms with Crippen LogP contribution in [0.3, 0.4) is 0 Å². The molecule has 1 N–H and O–H groups in total. The van der Waals surface area contributed by atoms with Crippen LogP contribution >= 0.6 is 27.7 Å². The molecule has 4 heteroatoms.